The van der Waals surface area contributed by atoms with Gasteiger partial charge in [0.2, 0.25) is 5.91 Å². The van der Waals surface area contributed by atoms with Crippen LogP contribution in [-0.4, -0.2) is 41.8 Å². The third-order valence-corrected chi connectivity index (χ3v) is 6.64. The van der Waals surface area contributed by atoms with Crippen molar-refractivity contribution in [1.82, 2.24) is 10.6 Å². The molecule has 7 heteroatoms. The first-order chi connectivity index (χ1) is 16.5. The summed E-state index contributed by atoms with van der Waals surface area (Å²) < 4.78 is 5.53. The predicted molar refractivity (Wildman–Crippen MR) is 127 cm³/mol. The summed E-state index contributed by atoms with van der Waals surface area (Å²) in [6.45, 7) is 0.132. The zero-order valence-electron chi connectivity index (χ0n) is 18.8. The van der Waals surface area contributed by atoms with Crippen molar-refractivity contribution in [2.45, 2.75) is 50.1 Å². The van der Waals surface area contributed by atoms with Crippen molar-refractivity contribution in [2.24, 2.45) is 5.92 Å². The van der Waals surface area contributed by atoms with Crippen LogP contribution in [0.2, 0.25) is 0 Å². The molecule has 4 rings (SSSR count). The molecule has 0 aromatic heterocycles. The third kappa shape index (κ3) is 5.07. The number of benzene rings is 2. The molecule has 2 aliphatic carbocycles. The maximum absolute atomic E-state index is 12.8. The molecule has 0 heterocycles. The highest BCUT2D eigenvalue weighted by molar-refractivity contribution is 5.86. The molecule has 2 amide bonds. The summed E-state index contributed by atoms with van der Waals surface area (Å²) in [4.78, 5) is 36.7. The normalized spacial score (nSPS) is 19.7. The Kier molecular flexibility index (Phi) is 7.17. The van der Waals surface area contributed by atoms with Crippen molar-refractivity contribution in [2.75, 3.05) is 6.61 Å². The number of nitrogens with one attached hydrogen (secondary N) is 2. The Bertz CT molecular complexity index is 1080. The molecule has 0 saturated heterocycles. The van der Waals surface area contributed by atoms with E-state index in [-0.39, 0.29) is 25.0 Å². The summed E-state index contributed by atoms with van der Waals surface area (Å²) in [6, 6.07) is 14.9. The van der Waals surface area contributed by atoms with E-state index in [0.29, 0.717) is 19.3 Å². The van der Waals surface area contributed by atoms with Gasteiger partial charge in [-0.25, -0.2) is 4.79 Å². The van der Waals surface area contributed by atoms with Crippen molar-refractivity contribution in [3.8, 4) is 23.5 Å². The van der Waals surface area contributed by atoms with Crippen molar-refractivity contribution in [1.29, 1.82) is 0 Å². The van der Waals surface area contributed by atoms with Gasteiger partial charge in [-0.3, -0.25) is 9.59 Å². The molecule has 0 radical (unpaired) electrons. The lowest BCUT2D eigenvalue weighted by molar-refractivity contribution is -0.143. The van der Waals surface area contributed by atoms with Crippen molar-refractivity contribution < 1.29 is 24.2 Å². The summed E-state index contributed by atoms with van der Waals surface area (Å²) >= 11 is 0. The van der Waals surface area contributed by atoms with Gasteiger partial charge in [-0.1, -0.05) is 55.0 Å². The minimum atomic E-state index is -0.953. The molecule has 34 heavy (non-hydrogen) atoms. The number of carboxylic acid groups (broad SMARTS) is 1. The summed E-state index contributed by atoms with van der Waals surface area (Å²) in [5, 5.41) is 14.7. The van der Waals surface area contributed by atoms with Crippen molar-refractivity contribution >= 4 is 18.0 Å². The second-order valence-electron chi connectivity index (χ2n) is 8.84. The van der Waals surface area contributed by atoms with Gasteiger partial charge in [0.05, 0.1) is 5.92 Å². The van der Waals surface area contributed by atoms with Gasteiger partial charge in [0.1, 0.15) is 12.6 Å². The highest BCUT2D eigenvalue weighted by Gasteiger charge is 2.31. The Morgan fingerprint density at radius 1 is 1.06 bits per heavy atom. The maximum atomic E-state index is 12.8. The van der Waals surface area contributed by atoms with E-state index in [1.807, 2.05) is 36.4 Å². The molecule has 3 unspecified atom stereocenters. The van der Waals surface area contributed by atoms with Crippen LogP contribution in [0.5, 0.6) is 0 Å². The molecule has 1 fully saturated rings. The number of carbonyl (C=O) groups is 3. The van der Waals surface area contributed by atoms with Gasteiger partial charge in [0.25, 0.3) is 0 Å². The van der Waals surface area contributed by atoms with Crippen LogP contribution in [0.15, 0.2) is 48.5 Å². The number of ether oxygens (including phenoxy) is 1. The lowest BCUT2D eigenvalue weighted by atomic mass is 9.85. The number of terminal acetylenes is 1. The molecular weight excluding hydrogens is 432 g/mol. The molecule has 3 N–H and O–H groups in total. The molecule has 0 bridgehead atoms. The Morgan fingerprint density at radius 2 is 1.71 bits per heavy atom. The van der Waals surface area contributed by atoms with Gasteiger partial charge < -0.3 is 20.5 Å². The number of hydrogen-bond acceptors (Lipinski definition) is 4. The number of alkyl carbamates (subject to hydrolysis) is 1. The van der Waals surface area contributed by atoms with Crippen LogP contribution in [-0.2, 0) is 14.3 Å². The zero-order chi connectivity index (χ0) is 24.1. The Morgan fingerprint density at radius 3 is 2.32 bits per heavy atom. The molecule has 2 aliphatic rings. The summed E-state index contributed by atoms with van der Waals surface area (Å²) in [6.07, 6.45) is 7.10. The van der Waals surface area contributed by atoms with Gasteiger partial charge in [-0.15, -0.1) is 12.3 Å². The Labute approximate surface area is 198 Å². The maximum Gasteiger partial charge on any atom is 0.407 e. The number of rotatable bonds is 7. The van der Waals surface area contributed by atoms with Crippen LogP contribution in [0.25, 0.3) is 11.1 Å². The van der Waals surface area contributed by atoms with Crippen molar-refractivity contribution in [3.63, 3.8) is 0 Å². The first-order valence-corrected chi connectivity index (χ1v) is 11.6. The predicted octanol–water partition coefficient (Wildman–Crippen LogP) is 3.68. The number of carbonyl (C=O) groups excluding carboxylic acids is 2. The van der Waals surface area contributed by atoms with Crippen LogP contribution in [0.4, 0.5) is 4.79 Å². The van der Waals surface area contributed by atoms with Crippen LogP contribution in [0.3, 0.4) is 0 Å². The Balaban J connectivity index is 1.36. The van der Waals surface area contributed by atoms with E-state index < -0.39 is 29.9 Å². The Hall–Kier alpha value is -3.79. The number of fused-ring (bicyclic) bond motifs is 3. The van der Waals surface area contributed by atoms with Crippen molar-refractivity contribution in [3.05, 3.63) is 59.7 Å². The van der Waals surface area contributed by atoms with E-state index in [0.717, 1.165) is 28.7 Å². The summed E-state index contributed by atoms with van der Waals surface area (Å²) in [5.41, 5.74) is 4.45. The molecule has 1 saturated carbocycles. The highest BCUT2D eigenvalue weighted by Crippen LogP contribution is 2.44. The van der Waals surface area contributed by atoms with Gasteiger partial charge in [0, 0.05) is 18.4 Å². The second kappa shape index (κ2) is 10.4. The van der Waals surface area contributed by atoms with Gasteiger partial charge >= 0.3 is 12.1 Å². The van der Waals surface area contributed by atoms with E-state index in [9.17, 15) is 19.5 Å². The average molecular weight is 461 g/mol. The molecule has 3 atom stereocenters. The van der Waals surface area contributed by atoms with Crippen LogP contribution in [0.1, 0.15) is 49.1 Å². The lowest BCUT2D eigenvalue weighted by Gasteiger charge is -2.28. The smallest absolute Gasteiger partial charge is 0.407 e. The average Bonchev–Trinajstić information content (AvgIpc) is 3.16. The largest absolute Gasteiger partial charge is 0.481 e. The molecule has 0 spiro atoms. The third-order valence-electron chi connectivity index (χ3n) is 6.64. The van der Waals surface area contributed by atoms with E-state index in [4.69, 9.17) is 11.2 Å². The topological polar surface area (TPSA) is 105 Å². The molecule has 2 aromatic carbocycles. The molecule has 0 aliphatic heterocycles. The van der Waals surface area contributed by atoms with Crippen LogP contribution < -0.4 is 10.6 Å². The fourth-order valence-electron chi connectivity index (χ4n) is 4.96. The fraction of sp³-hybridized carbons (Fsp3) is 0.370. The standard InChI is InChI=1S/C27H28N2O5/c1-2-8-24(25(30)28-18-10-7-9-17(15-18)26(31)32)29-27(33)34-16-23-21-13-5-3-11-19(21)20-12-4-6-14-22(20)23/h1,3-6,11-14,17-18,23-24H,7-10,15-16H2,(H,28,30)(H,29,33)(H,31,32). The first-order valence-electron chi connectivity index (χ1n) is 11.6. The van der Waals surface area contributed by atoms with E-state index in [1.165, 1.54) is 0 Å². The highest BCUT2D eigenvalue weighted by atomic mass is 16.5. The molecule has 7 nitrogen and oxygen atoms in total. The molecule has 2 aromatic rings. The van der Waals surface area contributed by atoms with Gasteiger partial charge in [-0.2, -0.15) is 0 Å². The fourth-order valence-corrected chi connectivity index (χ4v) is 4.96. The zero-order valence-corrected chi connectivity index (χ0v) is 18.8. The first kappa shape index (κ1) is 23.4. The van der Waals surface area contributed by atoms with E-state index in [1.54, 1.807) is 0 Å². The molecular formula is C27H28N2O5. The lowest BCUT2D eigenvalue weighted by Crippen LogP contribution is -2.50. The number of amides is 2. The van der Waals surface area contributed by atoms with Crippen LogP contribution in [0, 0.1) is 18.3 Å². The molecule has 176 valence electrons. The number of carboxylic acids is 1. The SMILES string of the molecule is C#CCC(NC(=O)OCC1c2ccccc2-c2ccccc21)C(=O)NC1CCCC(C(=O)O)C1. The van der Waals surface area contributed by atoms with E-state index in [2.05, 4.69) is 28.7 Å². The van der Waals surface area contributed by atoms with Gasteiger partial charge in [-0.05, 0) is 41.5 Å². The second-order valence-corrected chi connectivity index (χ2v) is 8.84. The summed E-state index contributed by atoms with van der Waals surface area (Å²) in [7, 11) is 0. The minimum absolute atomic E-state index is 0.00507. The van der Waals surface area contributed by atoms with E-state index >= 15 is 0 Å². The minimum Gasteiger partial charge on any atom is -0.481 e. The quantitative estimate of drug-likeness (QED) is 0.547. The number of aliphatic carboxylic acids is 1. The van der Waals surface area contributed by atoms with Gasteiger partial charge in [0.15, 0.2) is 0 Å². The monoisotopic (exact) mass is 460 g/mol. The summed E-state index contributed by atoms with van der Waals surface area (Å²) in [5.74, 6) is 0.575. The van der Waals surface area contributed by atoms with Crippen LogP contribution >= 0.6 is 0 Å². The number of hydrogen-bond donors (Lipinski definition) is 3.